The molecule has 3 atom stereocenters. The molecule has 7 amide bonds. The average molecular weight is 1560 g/mol. The van der Waals surface area contributed by atoms with Gasteiger partial charge in [-0.25, -0.2) is 0 Å². The smallest absolute Gasteiger partial charge is 0.305 e. The normalized spacial score (nSPS) is 12.9. The fourth-order valence-electron chi connectivity index (χ4n) is 11.0. The maximum atomic E-state index is 13.6. The number of amides is 7. The molecular weight excluding hydrogens is 1430 g/mol. The van der Waals surface area contributed by atoms with Crippen molar-refractivity contribution in [3.63, 3.8) is 0 Å². The van der Waals surface area contributed by atoms with E-state index >= 15 is 0 Å². The zero-order valence-corrected chi connectivity index (χ0v) is 66.1. The molecule has 0 aliphatic carbocycles. The maximum absolute atomic E-state index is 13.6. The summed E-state index contributed by atoms with van der Waals surface area (Å²) in [6, 6.07) is 5.87. The number of carboxylic acid groups (broad SMARTS) is 1. The van der Waals surface area contributed by atoms with Crippen molar-refractivity contribution in [1.82, 2.24) is 41.3 Å². The van der Waals surface area contributed by atoms with Crippen molar-refractivity contribution in [2.24, 2.45) is 15.6 Å². The Morgan fingerprint density at radius 2 is 1.02 bits per heavy atom. The minimum absolute atomic E-state index is 0.0294. The number of aromatic nitrogens is 2. The van der Waals surface area contributed by atoms with Gasteiger partial charge in [-0.15, -0.1) is 6.58 Å². The predicted molar refractivity (Wildman–Crippen MR) is 414 cm³/mol. The monoisotopic (exact) mass is 1560 g/mol. The van der Waals surface area contributed by atoms with Crippen LogP contribution in [0.5, 0.6) is 0 Å². The van der Waals surface area contributed by atoms with E-state index in [0.717, 1.165) is 47.9 Å². The van der Waals surface area contributed by atoms with Gasteiger partial charge in [0.05, 0.1) is 157 Å². The number of rotatable bonds is 72. The van der Waals surface area contributed by atoms with Crippen LogP contribution in [0.1, 0.15) is 192 Å². The second kappa shape index (κ2) is 67.3. The fraction of sp³-hybridized carbons (Fsp3) is 0.776. The molecule has 34 heteroatoms. The highest BCUT2D eigenvalue weighted by Gasteiger charge is 2.36. The fourth-order valence-corrected chi connectivity index (χ4v) is 11.0. The first-order valence-corrected chi connectivity index (χ1v) is 39.4. The van der Waals surface area contributed by atoms with Crippen LogP contribution >= 0.6 is 0 Å². The van der Waals surface area contributed by atoms with E-state index in [1.165, 1.54) is 83.5 Å². The van der Waals surface area contributed by atoms with Crippen LogP contribution in [0.2, 0.25) is 0 Å². The summed E-state index contributed by atoms with van der Waals surface area (Å²) in [7, 11) is 0. The van der Waals surface area contributed by atoms with Crippen LogP contribution in [0.4, 0.5) is 0 Å². The number of allylic oxidation sites excluding steroid dienone is 1. The van der Waals surface area contributed by atoms with E-state index < -0.39 is 35.5 Å². The van der Waals surface area contributed by atoms with Gasteiger partial charge in [0.2, 0.25) is 35.4 Å². The number of hydrogen-bond acceptors (Lipinski definition) is 22. The largest absolute Gasteiger partial charge is 0.481 e. The highest BCUT2D eigenvalue weighted by Crippen LogP contribution is 2.24. The number of carbonyl (C=O) groups is 8. The number of unbranched alkanes of at least 4 members (excludes halogenated alkanes) is 16. The highest BCUT2D eigenvalue weighted by atomic mass is 16.6. The lowest BCUT2D eigenvalue weighted by Crippen LogP contribution is -2.54. The quantitative estimate of drug-likeness (QED) is 0.00897. The number of aliphatic carboxylic acids is 1. The van der Waals surface area contributed by atoms with Gasteiger partial charge in [0, 0.05) is 73.6 Å². The molecule has 0 spiro atoms. The van der Waals surface area contributed by atoms with Gasteiger partial charge in [-0.2, -0.15) is 5.10 Å². The third-order valence-electron chi connectivity index (χ3n) is 17.0. The Bertz CT molecular complexity index is 2910. The van der Waals surface area contributed by atoms with Gasteiger partial charge >= 0.3 is 5.97 Å². The van der Waals surface area contributed by atoms with Gasteiger partial charge in [-0.1, -0.05) is 159 Å². The topological polar surface area (TPSA) is 437 Å². The lowest BCUT2D eigenvalue weighted by atomic mass is 9.86. The second-order valence-electron chi connectivity index (χ2n) is 27.1. The molecule has 1 aromatic carbocycles. The summed E-state index contributed by atoms with van der Waals surface area (Å²) in [5.41, 5.74) is 17.4. The number of para-hydroxylation sites is 1. The van der Waals surface area contributed by atoms with Crippen molar-refractivity contribution in [2.75, 3.05) is 172 Å². The maximum Gasteiger partial charge on any atom is 0.305 e. The van der Waals surface area contributed by atoms with Gasteiger partial charge in [-0.3, -0.25) is 47.9 Å². The molecule has 34 nitrogen and oxygen atoms in total. The number of fused-ring (bicyclic) bond motifs is 1. The van der Waals surface area contributed by atoms with E-state index in [2.05, 4.69) is 65.2 Å². The summed E-state index contributed by atoms with van der Waals surface area (Å²) in [4.78, 5) is 106. The number of carboxylic acids is 1. The first-order valence-electron chi connectivity index (χ1n) is 39.4. The highest BCUT2D eigenvalue weighted by molar-refractivity contribution is 6.06. The second-order valence-corrected chi connectivity index (χ2v) is 27.1. The van der Waals surface area contributed by atoms with E-state index in [9.17, 15) is 38.4 Å². The summed E-state index contributed by atoms with van der Waals surface area (Å²) in [5, 5.41) is 35.0. The van der Waals surface area contributed by atoms with Crippen LogP contribution in [0.3, 0.4) is 0 Å². The van der Waals surface area contributed by atoms with Gasteiger partial charge in [-0.05, 0) is 48.2 Å². The zero-order valence-electron chi connectivity index (χ0n) is 66.1. The molecule has 1 fully saturated rings. The van der Waals surface area contributed by atoms with Crippen LogP contribution in [-0.2, 0) is 92.2 Å². The number of aryl methyl sites for hydroxylation is 1. The first kappa shape index (κ1) is 98.6. The van der Waals surface area contributed by atoms with Gasteiger partial charge < -0.3 is 83.8 Å². The molecule has 6 N–H and O–H groups in total. The molecule has 624 valence electrons. The molecule has 110 heavy (non-hydrogen) atoms. The van der Waals surface area contributed by atoms with E-state index in [1.54, 1.807) is 0 Å². The van der Waals surface area contributed by atoms with Crippen molar-refractivity contribution in [2.45, 2.75) is 207 Å². The predicted octanol–water partition coefficient (Wildman–Crippen LogP) is 9.15. The molecule has 1 unspecified atom stereocenters. The van der Waals surface area contributed by atoms with Gasteiger partial charge in [0.15, 0.2) is 5.69 Å². The van der Waals surface area contributed by atoms with E-state index in [4.69, 9.17) is 68.3 Å². The average Bonchev–Trinajstić information content (AvgIpc) is 1.63. The van der Waals surface area contributed by atoms with Crippen LogP contribution in [0, 0.1) is 5.41 Å². The number of nitrogens with one attached hydrogen (secondary N) is 5. The summed E-state index contributed by atoms with van der Waals surface area (Å²) in [6.07, 6.45) is 23.1. The minimum atomic E-state index is -0.984. The summed E-state index contributed by atoms with van der Waals surface area (Å²) in [5.74, 6) is -3.33. The molecule has 0 radical (unpaired) electrons. The Balaban J connectivity index is 0.00000127. The van der Waals surface area contributed by atoms with Crippen LogP contribution < -0.4 is 26.6 Å². The molecular formula is C76H130N14O20. The SMILES string of the molecule is C=CCCCn1nc(C(=O)N[C@H](C(=O)NCCOCCOCCOCCNC(=O)CC[C@H](NC(=O)CCOCCOCCOCCOCCN=[N+]=[N-])C(=O)NCCCCCCCCCCCCCCCCCC)C(C)(C)C)c2ccccc21.[N-]=[N+]=NC(COCCOCCOCCOCCC(=O)O)N1C(=O)CCC1=O. The molecule has 2 aromatic rings. The third-order valence-corrected chi connectivity index (χ3v) is 17.0. The first-order chi connectivity index (χ1) is 53.5. The third kappa shape index (κ3) is 51.2. The number of benzene rings is 1. The number of likely N-dealkylation sites (tertiary alicyclic amines) is 1. The van der Waals surface area contributed by atoms with Crippen molar-refractivity contribution in [3.8, 4) is 0 Å². The molecule has 1 saturated heterocycles. The number of imide groups is 1. The van der Waals surface area contributed by atoms with Crippen molar-refractivity contribution >= 4 is 58.2 Å². The Morgan fingerprint density at radius 1 is 0.555 bits per heavy atom. The number of nitrogens with zero attached hydrogens (tertiary/aromatic N) is 9. The summed E-state index contributed by atoms with van der Waals surface area (Å²) >= 11 is 0. The lowest BCUT2D eigenvalue weighted by Gasteiger charge is -2.30. The summed E-state index contributed by atoms with van der Waals surface area (Å²) in [6.45, 7) is 19.9. The van der Waals surface area contributed by atoms with Gasteiger partial charge in [0.25, 0.3) is 5.91 Å². The van der Waals surface area contributed by atoms with Gasteiger partial charge in [0.1, 0.15) is 18.2 Å². The van der Waals surface area contributed by atoms with E-state index in [1.807, 2.05) is 55.8 Å². The van der Waals surface area contributed by atoms with Crippen LogP contribution in [-0.4, -0.2) is 257 Å². The molecule has 1 aliphatic rings. The number of carbonyl (C=O) groups excluding carboxylic acids is 7. The molecule has 3 rings (SSSR count). The number of ether oxygens (including phenoxy) is 11. The van der Waals surface area contributed by atoms with Crippen molar-refractivity contribution < 1.29 is 95.6 Å². The standard InChI is InChI=1S/C61H106N10O12.C15H24N4O8/c1-6-8-10-11-12-13-14-15-16-17-18-19-20-21-22-25-32-64-58(74)52(67-55(73)31-37-77-41-45-81-49-50-83-48-44-80-40-35-66-70-62)29-30-54(72)63-33-38-78-42-46-82-47-43-79-39-34-65-60(76)57(61(3,4)5)68-59(75)56-51-27-23-24-28-53(51)71(69-56)36-26-9-7-2;16-18-17-12(19-13(20)1-2-14(19)21)11-27-10-9-26-8-7-25-6-5-24-4-3-15(22)23/h7,23-24,27-28,52,57H,2,6,8-22,25-26,29-50H2,1,3-5H3,(H,63,72)(H,64,74)(H,65,76)(H,67,73)(H,68,75);12H,1-11H2,(H,22,23)/t52-,57+;/m0./s1. The Hall–Kier alpha value is -7.43. The summed E-state index contributed by atoms with van der Waals surface area (Å²) < 4.78 is 61.4. The molecule has 2 heterocycles. The molecule has 1 aromatic heterocycles. The van der Waals surface area contributed by atoms with Crippen LogP contribution in [0.25, 0.3) is 31.8 Å². The number of azide groups is 2. The Kier molecular flexibility index (Phi) is 60.3. The lowest BCUT2D eigenvalue weighted by molar-refractivity contribution is -0.143. The Labute approximate surface area is 649 Å². The molecule has 0 bridgehead atoms. The van der Waals surface area contributed by atoms with Crippen molar-refractivity contribution in [3.05, 3.63) is 63.5 Å². The molecule has 1 aliphatic heterocycles. The minimum Gasteiger partial charge on any atom is -0.481 e. The van der Waals surface area contributed by atoms with E-state index in [0.29, 0.717) is 106 Å². The zero-order chi connectivity index (χ0) is 80.2. The Morgan fingerprint density at radius 3 is 1.52 bits per heavy atom. The van der Waals surface area contributed by atoms with E-state index in [-0.39, 0.29) is 152 Å². The van der Waals surface area contributed by atoms with Crippen LogP contribution in [0.15, 0.2) is 47.1 Å². The molecule has 0 saturated carbocycles. The van der Waals surface area contributed by atoms with Crippen molar-refractivity contribution in [1.29, 1.82) is 0 Å². The number of hydrogen-bond donors (Lipinski definition) is 6.